The Morgan fingerprint density at radius 1 is 0.500 bits per heavy atom. The molecule has 2 aromatic heterocycles. The van der Waals surface area contributed by atoms with Gasteiger partial charge in [-0.2, -0.15) is 0 Å². The Balaban J connectivity index is 1.41. The van der Waals surface area contributed by atoms with Crippen LogP contribution in [0.25, 0.3) is 55.8 Å². The minimum absolute atomic E-state index is 0.253. The van der Waals surface area contributed by atoms with Crippen LogP contribution in [-0.2, 0) is 0 Å². The molecule has 4 aromatic carbocycles. The van der Waals surface area contributed by atoms with E-state index in [1.54, 1.807) is 24.3 Å². The van der Waals surface area contributed by atoms with Gasteiger partial charge in [-0.1, -0.05) is 44.0 Å². The van der Waals surface area contributed by atoms with E-state index in [1.807, 2.05) is 60.7 Å². The maximum absolute atomic E-state index is 12.8. The van der Waals surface area contributed by atoms with Crippen molar-refractivity contribution in [3.8, 4) is 34.0 Å². The summed E-state index contributed by atoms with van der Waals surface area (Å²) in [4.78, 5) is 34.6. The molecule has 36 heavy (non-hydrogen) atoms. The summed E-state index contributed by atoms with van der Waals surface area (Å²) < 4.78 is 12.8. The van der Waals surface area contributed by atoms with Crippen LogP contribution in [0.1, 0.15) is 0 Å². The number of benzene rings is 4. The zero-order chi connectivity index (χ0) is 24.8. The van der Waals surface area contributed by atoms with E-state index in [-0.39, 0.29) is 11.8 Å². The van der Waals surface area contributed by atoms with E-state index in [2.05, 4.69) is 41.8 Å². The molecule has 0 saturated carbocycles. The van der Waals surface area contributed by atoms with Gasteiger partial charge in [0.25, 0.3) is 0 Å². The van der Waals surface area contributed by atoms with Crippen molar-refractivity contribution >= 4 is 53.7 Å². The molecular weight excluding hydrogens is 588 g/mol. The Morgan fingerprint density at radius 3 is 1.25 bits per heavy atom. The van der Waals surface area contributed by atoms with Gasteiger partial charge in [-0.15, -0.1) is 0 Å². The van der Waals surface area contributed by atoms with E-state index in [1.165, 1.54) is 0 Å². The van der Waals surface area contributed by atoms with Crippen molar-refractivity contribution in [2.45, 2.75) is 0 Å². The van der Waals surface area contributed by atoms with Gasteiger partial charge >= 0.3 is 11.3 Å². The van der Waals surface area contributed by atoms with Gasteiger partial charge in [0.1, 0.15) is 0 Å². The fraction of sp³-hybridized carbons (Fsp3) is 0. The molecule has 0 radical (unpaired) electrons. The molecule has 2 heterocycles. The van der Waals surface area contributed by atoms with Gasteiger partial charge in [0.05, 0.1) is 21.8 Å². The molecule has 0 aliphatic heterocycles. The van der Waals surface area contributed by atoms with Crippen LogP contribution in [0.15, 0.2) is 112 Å². The minimum atomic E-state index is -0.485. The molecule has 0 aliphatic rings. The minimum Gasteiger partial charge on any atom is -0.403 e. The number of aromatic nitrogens is 2. The van der Waals surface area contributed by atoms with Gasteiger partial charge in [-0.3, -0.25) is 0 Å². The Bertz CT molecular complexity index is 1750. The van der Waals surface area contributed by atoms with Crippen molar-refractivity contribution in [2.24, 2.45) is 0 Å². The van der Waals surface area contributed by atoms with Crippen LogP contribution < -0.4 is 11.3 Å². The summed E-state index contributed by atoms with van der Waals surface area (Å²) >= 11 is 6.79. The molecule has 0 amide bonds. The SMILES string of the molecule is O=c1oc(-c2ccc(Br)cc2)nc2ccc(-c3ccc4nc(-c5ccc(Br)cc5)oc(=O)c4c3)cc12. The lowest BCUT2D eigenvalue weighted by atomic mass is 10.0. The van der Waals surface area contributed by atoms with Gasteiger partial charge in [-0.25, -0.2) is 19.6 Å². The Hall–Kier alpha value is -3.88. The van der Waals surface area contributed by atoms with E-state index >= 15 is 0 Å². The summed E-state index contributed by atoms with van der Waals surface area (Å²) in [5.41, 5.74) is 2.97. The van der Waals surface area contributed by atoms with E-state index in [9.17, 15) is 9.59 Å². The summed E-state index contributed by atoms with van der Waals surface area (Å²) in [7, 11) is 0. The van der Waals surface area contributed by atoms with Crippen molar-refractivity contribution in [2.75, 3.05) is 0 Å². The zero-order valence-electron chi connectivity index (χ0n) is 18.4. The van der Waals surface area contributed by atoms with Crippen molar-refractivity contribution in [1.29, 1.82) is 0 Å². The van der Waals surface area contributed by atoms with E-state index in [0.717, 1.165) is 20.1 Å². The predicted molar refractivity (Wildman–Crippen MR) is 146 cm³/mol. The number of halogens is 2. The second-order valence-corrected chi connectivity index (χ2v) is 9.92. The summed E-state index contributed by atoms with van der Waals surface area (Å²) in [6, 6.07) is 25.4. The topological polar surface area (TPSA) is 86.2 Å². The smallest absolute Gasteiger partial charge is 0.347 e. The molecule has 0 unspecified atom stereocenters. The highest BCUT2D eigenvalue weighted by Gasteiger charge is 2.13. The molecule has 0 spiro atoms. The average molecular weight is 602 g/mol. The van der Waals surface area contributed by atoms with E-state index < -0.39 is 11.3 Å². The van der Waals surface area contributed by atoms with Crippen LogP contribution in [0.4, 0.5) is 0 Å². The number of hydrogen-bond acceptors (Lipinski definition) is 6. The summed E-state index contributed by atoms with van der Waals surface area (Å²) in [6.45, 7) is 0. The fourth-order valence-electron chi connectivity index (χ4n) is 3.94. The van der Waals surface area contributed by atoms with Crippen LogP contribution in [0.3, 0.4) is 0 Å². The summed E-state index contributed by atoms with van der Waals surface area (Å²) in [5.74, 6) is 0.507. The first-order chi connectivity index (χ1) is 17.4. The van der Waals surface area contributed by atoms with E-state index in [0.29, 0.717) is 32.9 Å². The van der Waals surface area contributed by atoms with Crippen LogP contribution >= 0.6 is 31.9 Å². The van der Waals surface area contributed by atoms with Gasteiger partial charge in [0.15, 0.2) is 0 Å². The lowest BCUT2D eigenvalue weighted by Gasteiger charge is -2.07. The zero-order valence-corrected chi connectivity index (χ0v) is 21.5. The molecule has 174 valence electrons. The second-order valence-electron chi connectivity index (χ2n) is 8.09. The van der Waals surface area contributed by atoms with Crippen LogP contribution in [0.2, 0.25) is 0 Å². The monoisotopic (exact) mass is 600 g/mol. The number of rotatable bonds is 3. The highest BCUT2D eigenvalue weighted by Crippen LogP contribution is 2.28. The lowest BCUT2D eigenvalue weighted by Crippen LogP contribution is -2.04. The third kappa shape index (κ3) is 4.19. The first-order valence-corrected chi connectivity index (χ1v) is 12.5. The molecule has 6 rings (SSSR count). The third-order valence-corrected chi connectivity index (χ3v) is 6.83. The maximum Gasteiger partial charge on any atom is 0.347 e. The maximum atomic E-state index is 12.8. The second kappa shape index (κ2) is 8.96. The van der Waals surface area contributed by atoms with Gasteiger partial charge in [0, 0.05) is 20.1 Å². The van der Waals surface area contributed by atoms with Crippen LogP contribution in [0.5, 0.6) is 0 Å². The molecule has 0 saturated heterocycles. The summed E-state index contributed by atoms with van der Waals surface area (Å²) in [6.07, 6.45) is 0. The van der Waals surface area contributed by atoms with Gasteiger partial charge in [0.2, 0.25) is 11.8 Å². The summed E-state index contributed by atoms with van der Waals surface area (Å²) in [5, 5.41) is 0.702. The van der Waals surface area contributed by atoms with Gasteiger partial charge in [-0.05, 0) is 83.9 Å². The number of hydrogen-bond donors (Lipinski definition) is 0. The highest BCUT2D eigenvalue weighted by molar-refractivity contribution is 9.10. The molecule has 0 aliphatic carbocycles. The Kier molecular flexibility index (Phi) is 5.62. The van der Waals surface area contributed by atoms with Crippen LogP contribution in [-0.4, -0.2) is 9.97 Å². The first kappa shape index (κ1) is 22.6. The Labute approximate surface area is 220 Å². The standard InChI is InChI=1S/C28H14Br2N2O4/c29-19-7-1-15(2-8-19)25-31-23-11-5-17(13-21(23)27(33)35-25)18-6-12-24-22(14-18)28(34)36-26(32-24)16-3-9-20(30)10-4-16/h1-14H. The van der Waals surface area contributed by atoms with Crippen LogP contribution in [0, 0.1) is 0 Å². The fourth-order valence-corrected chi connectivity index (χ4v) is 4.46. The first-order valence-electron chi connectivity index (χ1n) is 10.9. The number of nitrogens with zero attached hydrogens (tertiary/aromatic N) is 2. The van der Waals surface area contributed by atoms with Gasteiger partial charge < -0.3 is 8.83 Å². The number of fused-ring (bicyclic) bond motifs is 2. The Morgan fingerprint density at radius 2 is 0.861 bits per heavy atom. The molecule has 6 aromatic rings. The molecule has 0 N–H and O–H groups in total. The van der Waals surface area contributed by atoms with Crippen molar-refractivity contribution in [1.82, 2.24) is 9.97 Å². The molecule has 0 bridgehead atoms. The molecule has 0 atom stereocenters. The average Bonchev–Trinajstić information content (AvgIpc) is 2.89. The molecular formula is C28H14Br2N2O4. The van der Waals surface area contributed by atoms with Crippen molar-refractivity contribution < 1.29 is 8.83 Å². The van der Waals surface area contributed by atoms with Crippen molar-refractivity contribution in [3.05, 3.63) is 115 Å². The molecule has 8 heteroatoms. The lowest BCUT2D eigenvalue weighted by molar-refractivity contribution is 0.518. The van der Waals surface area contributed by atoms with Crippen molar-refractivity contribution in [3.63, 3.8) is 0 Å². The van der Waals surface area contributed by atoms with E-state index in [4.69, 9.17) is 8.83 Å². The normalized spacial score (nSPS) is 11.3. The highest BCUT2D eigenvalue weighted by atomic mass is 79.9. The predicted octanol–water partition coefficient (Wildman–Crippen LogP) is 7.22. The molecule has 0 fully saturated rings. The third-order valence-electron chi connectivity index (χ3n) is 5.77. The largest absolute Gasteiger partial charge is 0.403 e. The molecule has 6 nitrogen and oxygen atoms in total. The quantitative estimate of drug-likeness (QED) is 0.213.